The Balaban J connectivity index is 1.85. The van der Waals surface area contributed by atoms with E-state index in [9.17, 15) is 0 Å². The normalized spacial score (nSPS) is 11.1. The molecule has 0 radical (unpaired) electrons. The van der Waals surface area contributed by atoms with Gasteiger partial charge in [-0.2, -0.15) is 5.10 Å². The van der Waals surface area contributed by atoms with Crippen molar-refractivity contribution in [3.8, 4) is 0 Å². The smallest absolute Gasteiger partial charge is 0.213 e. The lowest BCUT2D eigenvalue weighted by molar-refractivity contribution is 0.478. The fourth-order valence-electron chi connectivity index (χ4n) is 1.95. The predicted octanol–water partition coefficient (Wildman–Crippen LogP) is 2.25. The van der Waals surface area contributed by atoms with Gasteiger partial charge in [-0.25, -0.2) is 14.5 Å². The van der Waals surface area contributed by atoms with E-state index in [2.05, 4.69) is 20.4 Å². The largest absolute Gasteiger partial charge is 0.444 e. The molecule has 3 heterocycles. The molecular formula is C13H15N5O. The minimum atomic E-state index is 0.506. The summed E-state index contributed by atoms with van der Waals surface area (Å²) in [5.74, 6) is 2.29. The zero-order valence-corrected chi connectivity index (χ0v) is 11.1. The van der Waals surface area contributed by atoms with E-state index in [0.29, 0.717) is 12.4 Å². The van der Waals surface area contributed by atoms with Crippen molar-refractivity contribution in [1.82, 2.24) is 19.6 Å². The van der Waals surface area contributed by atoms with E-state index in [1.807, 2.05) is 33.0 Å². The number of anilines is 1. The van der Waals surface area contributed by atoms with Crippen molar-refractivity contribution in [2.75, 3.05) is 5.32 Å². The summed E-state index contributed by atoms with van der Waals surface area (Å²) in [5, 5.41) is 7.57. The number of nitrogens with zero attached hydrogens (tertiary/aromatic N) is 4. The highest BCUT2D eigenvalue weighted by Crippen LogP contribution is 2.16. The van der Waals surface area contributed by atoms with Crippen LogP contribution in [-0.4, -0.2) is 19.6 Å². The van der Waals surface area contributed by atoms with E-state index < -0.39 is 0 Å². The fourth-order valence-corrected chi connectivity index (χ4v) is 1.95. The van der Waals surface area contributed by atoms with Gasteiger partial charge in [0.15, 0.2) is 5.82 Å². The van der Waals surface area contributed by atoms with E-state index in [-0.39, 0.29) is 0 Å². The van der Waals surface area contributed by atoms with Crippen molar-refractivity contribution in [3.63, 3.8) is 0 Å². The number of aromatic nitrogens is 4. The van der Waals surface area contributed by atoms with Crippen LogP contribution in [0.4, 0.5) is 5.82 Å². The monoisotopic (exact) mass is 257 g/mol. The minimum absolute atomic E-state index is 0.506. The molecule has 3 rings (SSSR count). The number of fused-ring (bicyclic) bond motifs is 1. The van der Waals surface area contributed by atoms with Crippen molar-refractivity contribution in [3.05, 3.63) is 41.5 Å². The summed E-state index contributed by atoms with van der Waals surface area (Å²) in [6.07, 6.45) is 3.54. The number of oxazole rings is 1. The molecule has 0 fully saturated rings. The third kappa shape index (κ3) is 2.16. The summed E-state index contributed by atoms with van der Waals surface area (Å²) < 4.78 is 7.33. The Hall–Kier alpha value is -2.37. The number of rotatable bonds is 3. The van der Waals surface area contributed by atoms with Gasteiger partial charge in [-0.15, -0.1) is 0 Å². The third-order valence-corrected chi connectivity index (χ3v) is 2.99. The summed E-state index contributed by atoms with van der Waals surface area (Å²) in [4.78, 5) is 8.65. The fraction of sp³-hybridized carbons (Fsp3) is 0.308. The van der Waals surface area contributed by atoms with E-state index in [4.69, 9.17) is 4.42 Å². The molecule has 0 spiro atoms. The number of hydrogen-bond donors (Lipinski definition) is 1. The van der Waals surface area contributed by atoms with Crippen LogP contribution in [0.1, 0.15) is 23.0 Å². The molecular weight excluding hydrogens is 242 g/mol. The van der Waals surface area contributed by atoms with Crippen LogP contribution in [0.25, 0.3) is 5.52 Å². The number of aryl methyl sites for hydroxylation is 3. The van der Waals surface area contributed by atoms with Crippen LogP contribution >= 0.6 is 0 Å². The summed E-state index contributed by atoms with van der Waals surface area (Å²) in [5.41, 5.74) is 2.82. The molecule has 0 bridgehead atoms. The first kappa shape index (κ1) is 11.7. The molecule has 0 atom stereocenters. The molecule has 0 saturated carbocycles. The second-order valence-corrected chi connectivity index (χ2v) is 4.49. The molecule has 0 aliphatic rings. The van der Waals surface area contributed by atoms with Crippen LogP contribution in [0.3, 0.4) is 0 Å². The second kappa shape index (κ2) is 4.38. The van der Waals surface area contributed by atoms with Crippen molar-refractivity contribution >= 4 is 11.3 Å². The summed E-state index contributed by atoms with van der Waals surface area (Å²) >= 11 is 0. The first-order chi connectivity index (χ1) is 9.13. The molecule has 1 N–H and O–H groups in total. The lowest BCUT2D eigenvalue weighted by Crippen LogP contribution is -2.03. The van der Waals surface area contributed by atoms with Crippen LogP contribution in [-0.2, 0) is 6.54 Å². The number of hydrogen-bond acceptors (Lipinski definition) is 5. The Bertz CT molecular complexity index is 708. The molecule has 98 valence electrons. The van der Waals surface area contributed by atoms with Crippen molar-refractivity contribution in [2.45, 2.75) is 27.3 Å². The van der Waals surface area contributed by atoms with Gasteiger partial charge in [0.25, 0.3) is 0 Å². The van der Waals surface area contributed by atoms with E-state index >= 15 is 0 Å². The van der Waals surface area contributed by atoms with Gasteiger partial charge in [0, 0.05) is 12.4 Å². The zero-order chi connectivity index (χ0) is 13.4. The summed E-state index contributed by atoms with van der Waals surface area (Å²) in [6.45, 7) is 6.30. The average molecular weight is 257 g/mol. The molecule has 6 nitrogen and oxygen atoms in total. The Morgan fingerprint density at radius 3 is 2.89 bits per heavy atom. The maximum Gasteiger partial charge on any atom is 0.213 e. The SMILES string of the molecule is Cc1cc2c(NCc3nc(C)c(C)o3)nccn2n1. The Morgan fingerprint density at radius 2 is 2.16 bits per heavy atom. The van der Waals surface area contributed by atoms with Crippen molar-refractivity contribution in [2.24, 2.45) is 0 Å². The third-order valence-electron chi connectivity index (χ3n) is 2.99. The molecule has 3 aromatic heterocycles. The highest BCUT2D eigenvalue weighted by atomic mass is 16.4. The van der Waals surface area contributed by atoms with Gasteiger partial charge in [-0.3, -0.25) is 0 Å². The van der Waals surface area contributed by atoms with Crippen LogP contribution < -0.4 is 5.32 Å². The van der Waals surface area contributed by atoms with Gasteiger partial charge in [-0.1, -0.05) is 0 Å². The lowest BCUT2D eigenvalue weighted by atomic mass is 10.4. The average Bonchev–Trinajstić information content (AvgIpc) is 2.89. The summed E-state index contributed by atoms with van der Waals surface area (Å²) in [6, 6.07) is 1.99. The van der Waals surface area contributed by atoms with Gasteiger partial charge in [0.05, 0.1) is 17.9 Å². The molecule has 0 unspecified atom stereocenters. The van der Waals surface area contributed by atoms with Gasteiger partial charge in [0.2, 0.25) is 5.89 Å². The topological polar surface area (TPSA) is 68.2 Å². The van der Waals surface area contributed by atoms with E-state index in [1.54, 1.807) is 10.7 Å². The Kier molecular flexibility index (Phi) is 2.70. The minimum Gasteiger partial charge on any atom is -0.444 e. The van der Waals surface area contributed by atoms with Crippen molar-refractivity contribution in [1.29, 1.82) is 0 Å². The van der Waals surface area contributed by atoms with E-state index in [1.165, 1.54) is 0 Å². The molecule has 0 aromatic carbocycles. The predicted molar refractivity (Wildman–Crippen MR) is 71.0 cm³/mol. The second-order valence-electron chi connectivity index (χ2n) is 4.49. The Labute approximate surface area is 110 Å². The van der Waals surface area contributed by atoms with Crippen molar-refractivity contribution < 1.29 is 4.42 Å². The molecule has 0 amide bonds. The highest BCUT2D eigenvalue weighted by molar-refractivity contribution is 5.67. The standard InChI is InChI=1S/C13H15N5O/c1-8-6-11-13(14-4-5-18(11)17-8)15-7-12-16-9(2)10(3)19-12/h4-6H,7H2,1-3H3,(H,14,15). The quantitative estimate of drug-likeness (QED) is 0.779. The molecule has 0 aliphatic carbocycles. The maximum atomic E-state index is 5.53. The Morgan fingerprint density at radius 1 is 1.32 bits per heavy atom. The van der Waals surface area contributed by atoms with Gasteiger partial charge >= 0.3 is 0 Å². The van der Waals surface area contributed by atoms with Crippen LogP contribution in [0.5, 0.6) is 0 Å². The van der Waals surface area contributed by atoms with Crippen LogP contribution in [0.2, 0.25) is 0 Å². The highest BCUT2D eigenvalue weighted by Gasteiger charge is 2.08. The number of nitrogens with one attached hydrogen (secondary N) is 1. The molecule has 0 aliphatic heterocycles. The zero-order valence-electron chi connectivity index (χ0n) is 11.1. The van der Waals surface area contributed by atoms with Crippen LogP contribution in [0.15, 0.2) is 22.9 Å². The first-order valence-electron chi connectivity index (χ1n) is 6.11. The maximum absolute atomic E-state index is 5.53. The molecule has 19 heavy (non-hydrogen) atoms. The first-order valence-corrected chi connectivity index (χ1v) is 6.11. The molecule has 6 heteroatoms. The van der Waals surface area contributed by atoms with Gasteiger partial charge in [0.1, 0.15) is 11.3 Å². The summed E-state index contributed by atoms with van der Waals surface area (Å²) in [7, 11) is 0. The van der Waals surface area contributed by atoms with Gasteiger partial charge in [-0.05, 0) is 26.8 Å². The molecule has 0 saturated heterocycles. The van der Waals surface area contributed by atoms with Crippen LogP contribution in [0, 0.1) is 20.8 Å². The lowest BCUT2D eigenvalue weighted by Gasteiger charge is -2.04. The van der Waals surface area contributed by atoms with Gasteiger partial charge < -0.3 is 9.73 Å². The molecule has 3 aromatic rings. The van der Waals surface area contributed by atoms with E-state index in [0.717, 1.165) is 28.5 Å².